The summed E-state index contributed by atoms with van der Waals surface area (Å²) in [6.45, 7) is 8.68. The summed E-state index contributed by atoms with van der Waals surface area (Å²) in [5.74, 6) is -0.968. The minimum absolute atomic E-state index is 0.0174. The predicted molar refractivity (Wildman–Crippen MR) is 83.3 cm³/mol. The Labute approximate surface area is 126 Å². The van der Waals surface area contributed by atoms with E-state index in [9.17, 15) is 9.59 Å². The number of ketones is 1. The SMILES string of the molecule is CC(CCO)CNC(=O)C(=O)c1ccc(C(C)(C)C)cc1. The summed E-state index contributed by atoms with van der Waals surface area (Å²) >= 11 is 0. The molecule has 0 heterocycles. The van der Waals surface area contributed by atoms with Crippen LogP contribution in [0.5, 0.6) is 0 Å². The lowest BCUT2D eigenvalue weighted by molar-refractivity contribution is -0.117. The molecule has 1 amide bonds. The summed E-state index contributed by atoms with van der Waals surface area (Å²) in [6, 6.07) is 7.16. The fraction of sp³-hybridized carbons (Fsp3) is 0.529. The molecule has 1 unspecified atom stereocenters. The van der Waals surface area contributed by atoms with E-state index in [2.05, 4.69) is 26.1 Å². The Bertz CT molecular complexity index is 486. The lowest BCUT2D eigenvalue weighted by atomic mass is 9.86. The van der Waals surface area contributed by atoms with Gasteiger partial charge in [0.2, 0.25) is 5.78 Å². The lowest BCUT2D eigenvalue weighted by Crippen LogP contribution is -2.34. The maximum absolute atomic E-state index is 12.0. The van der Waals surface area contributed by atoms with Gasteiger partial charge in [-0.05, 0) is 23.3 Å². The van der Waals surface area contributed by atoms with E-state index >= 15 is 0 Å². The van der Waals surface area contributed by atoms with Gasteiger partial charge < -0.3 is 10.4 Å². The highest BCUT2D eigenvalue weighted by molar-refractivity contribution is 6.42. The fourth-order valence-electron chi connectivity index (χ4n) is 1.92. The summed E-state index contributed by atoms with van der Waals surface area (Å²) < 4.78 is 0. The number of nitrogens with one attached hydrogen (secondary N) is 1. The minimum atomic E-state index is -0.594. The molecule has 0 aliphatic rings. The summed E-state index contributed by atoms with van der Waals surface area (Å²) in [7, 11) is 0. The molecule has 4 heteroatoms. The van der Waals surface area contributed by atoms with E-state index in [1.807, 2.05) is 19.1 Å². The number of aliphatic hydroxyl groups excluding tert-OH is 1. The Morgan fingerprint density at radius 1 is 1.19 bits per heavy atom. The minimum Gasteiger partial charge on any atom is -0.396 e. The topological polar surface area (TPSA) is 66.4 Å². The van der Waals surface area contributed by atoms with Crippen LogP contribution in [-0.2, 0) is 10.2 Å². The van der Waals surface area contributed by atoms with E-state index in [1.54, 1.807) is 12.1 Å². The van der Waals surface area contributed by atoms with Gasteiger partial charge in [-0.2, -0.15) is 0 Å². The lowest BCUT2D eigenvalue weighted by Gasteiger charge is -2.19. The molecule has 1 aromatic carbocycles. The van der Waals surface area contributed by atoms with Crippen molar-refractivity contribution < 1.29 is 14.7 Å². The molecule has 0 aliphatic heterocycles. The van der Waals surface area contributed by atoms with Gasteiger partial charge in [0.25, 0.3) is 5.91 Å². The van der Waals surface area contributed by atoms with Crippen molar-refractivity contribution >= 4 is 11.7 Å². The van der Waals surface area contributed by atoms with Crippen LogP contribution in [0, 0.1) is 5.92 Å². The van der Waals surface area contributed by atoms with Gasteiger partial charge >= 0.3 is 0 Å². The van der Waals surface area contributed by atoms with Gasteiger partial charge in [0.1, 0.15) is 0 Å². The second-order valence-electron chi connectivity index (χ2n) is 6.48. The zero-order chi connectivity index (χ0) is 16.0. The number of hydrogen-bond acceptors (Lipinski definition) is 3. The van der Waals surface area contributed by atoms with Crippen LogP contribution in [0.4, 0.5) is 0 Å². The quantitative estimate of drug-likeness (QED) is 0.624. The van der Waals surface area contributed by atoms with Gasteiger partial charge in [-0.25, -0.2) is 0 Å². The second-order valence-corrected chi connectivity index (χ2v) is 6.48. The Morgan fingerprint density at radius 2 is 1.76 bits per heavy atom. The van der Waals surface area contributed by atoms with Gasteiger partial charge in [0.15, 0.2) is 0 Å². The first-order valence-electron chi connectivity index (χ1n) is 7.29. The van der Waals surface area contributed by atoms with Crippen LogP contribution in [0.3, 0.4) is 0 Å². The first-order valence-corrected chi connectivity index (χ1v) is 7.29. The largest absolute Gasteiger partial charge is 0.396 e. The number of Topliss-reactive ketones (excluding diaryl/α,β-unsaturated/α-hetero) is 1. The van der Waals surface area contributed by atoms with E-state index in [-0.39, 0.29) is 17.9 Å². The van der Waals surface area contributed by atoms with Crippen LogP contribution in [0.1, 0.15) is 50.0 Å². The van der Waals surface area contributed by atoms with Crippen molar-refractivity contribution in [1.82, 2.24) is 5.32 Å². The summed E-state index contributed by atoms with van der Waals surface area (Å²) in [4.78, 5) is 23.8. The first kappa shape index (κ1) is 17.4. The molecule has 0 saturated heterocycles. The van der Waals surface area contributed by atoms with Crippen molar-refractivity contribution in [3.8, 4) is 0 Å². The number of rotatable bonds is 6. The van der Waals surface area contributed by atoms with Crippen LogP contribution in [0.2, 0.25) is 0 Å². The molecular weight excluding hydrogens is 266 g/mol. The maximum Gasteiger partial charge on any atom is 0.292 e. The van der Waals surface area contributed by atoms with E-state index in [0.29, 0.717) is 18.5 Å². The van der Waals surface area contributed by atoms with Gasteiger partial charge in [-0.3, -0.25) is 9.59 Å². The van der Waals surface area contributed by atoms with E-state index in [1.165, 1.54) is 0 Å². The van der Waals surface area contributed by atoms with Crippen LogP contribution in [0.15, 0.2) is 24.3 Å². The molecule has 0 radical (unpaired) electrons. The molecule has 0 aromatic heterocycles. The van der Waals surface area contributed by atoms with E-state index < -0.39 is 11.7 Å². The molecule has 0 aliphatic carbocycles. The highest BCUT2D eigenvalue weighted by Gasteiger charge is 2.18. The van der Waals surface area contributed by atoms with Gasteiger partial charge in [0, 0.05) is 18.7 Å². The Morgan fingerprint density at radius 3 is 2.24 bits per heavy atom. The average Bonchev–Trinajstić information content (AvgIpc) is 2.43. The van der Waals surface area contributed by atoms with Crippen molar-refractivity contribution in [3.05, 3.63) is 35.4 Å². The number of carbonyl (C=O) groups is 2. The van der Waals surface area contributed by atoms with Crippen LogP contribution in [-0.4, -0.2) is 29.9 Å². The molecule has 4 nitrogen and oxygen atoms in total. The van der Waals surface area contributed by atoms with E-state index in [0.717, 1.165) is 5.56 Å². The monoisotopic (exact) mass is 291 g/mol. The molecule has 1 aromatic rings. The third kappa shape index (κ3) is 5.31. The van der Waals surface area contributed by atoms with Gasteiger partial charge in [-0.1, -0.05) is 52.0 Å². The molecule has 0 saturated carbocycles. The zero-order valence-corrected chi connectivity index (χ0v) is 13.3. The van der Waals surface area contributed by atoms with Crippen molar-refractivity contribution in [3.63, 3.8) is 0 Å². The smallest absolute Gasteiger partial charge is 0.292 e. The third-order valence-electron chi connectivity index (χ3n) is 3.45. The molecule has 21 heavy (non-hydrogen) atoms. The molecule has 0 fully saturated rings. The Balaban J connectivity index is 2.64. The molecule has 1 rings (SSSR count). The zero-order valence-electron chi connectivity index (χ0n) is 13.3. The molecular formula is C17H25NO3. The van der Waals surface area contributed by atoms with Crippen molar-refractivity contribution in [1.29, 1.82) is 0 Å². The predicted octanol–water partition coefficient (Wildman–Crippen LogP) is 2.30. The molecule has 0 bridgehead atoms. The van der Waals surface area contributed by atoms with Crippen molar-refractivity contribution in [2.75, 3.05) is 13.2 Å². The fourth-order valence-corrected chi connectivity index (χ4v) is 1.92. The van der Waals surface area contributed by atoms with Crippen LogP contribution >= 0.6 is 0 Å². The number of carbonyl (C=O) groups excluding carboxylic acids is 2. The second kappa shape index (κ2) is 7.36. The molecule has 2 N–H and O–H groups in total. The van der Waals surface area contributed by atoms with Crippen molar-refractivity contribution in [2.24, 2.45) is 5.92 Å². The van der Waals surface area contributed by atoms with Gasteiger partial charge in [-0.15, -0.1) is 0 Å². The molecule has 1 atom stereocenters. The summed E-state index contributed by atoms with van der Waals surface area (Å²) in [6.07, 6.45) is 0.606. The Kier molecular flexibility index (Phi) is 6.09. The number of amides is 1. The maximum atomic E-state index is 12.0. The van der Waals surface area contributed by atoms with Crippen LogP contribution < -0.4 is 5.32 Å². The normalized spacial score (nSPS) is 12.8. The number of aliphatic hydroxyl groups is 1. The van der Waals surface area contributed by atoms with Crippen molar-refractivity contribution in [2.45, 2.75) is 39.5 Å². The van der Waals surface area contributed by atoms with Crippen LogP contribution in [0.25, 0.3) is 0 Å². The molecule has 0 spiro atoms. The number of hydrogen-bond donors (Lipinski definition) is 2. The molecule has 116 valence electrons. The standard InChI is InChI=1S/C17H25NO3/c1-12(9-10-19)11-18-16(21)15(20)13-5-7-14(8-6-13)17(2,3)4/h5-8,12,19H,9-11H2,1-4H3,(H,18,21). The van der Waals surface area contributed by atoms with E-state index in [4.69, 9.17) is 5.11 Å². The highest BCUT2D eigenvalue weighted by Crippen LogP contribution is 2.22. The average molecular weight is 291 g/mol. The Hall–Kier alpha value is -1.68. The number of benzene rings is 1. The third-order valence-corrected chi connectivity index (χ3v) is 3.45. The first-order chi connectivity index (χ1) is 9.75. The highest BCUT2D eigenvalue weighted by atomic mass is 16.3. The summed E-state index contributed by atoms with van der Waals surface area (Å²) in [5, 5.41) is 11.4. The van der Waals surface area contributed by atoms with Gasteiger partial charge in [0.05, 0.1) is 0 Å². The summed E-state index contributed by atoms with van der Waals surface area (Å²) in [5.41, 5.74) is 1.54.